The minimum atomic E-state index is -1.14. The highest BCUT2D eigenvalue weighted by Gasteiger charge is 2.38. The fourth-order valence-corrected chi connectivity index (χ4v) is 5.04. The van der Waals surface area contributed by atoms with Gasteiger partial charge in [0.05, 0.1) is 24.3 Å². The van der Waals surface area contributed by atoms with Crippen LogP contribution in [0.15, 0.2) is 60.7 Å². The normalized spacial score (nSPS) is 15.3. The van der Waals surface area contributed by atoms with Crippen molar-refractivity contribution < 1.29 is 34.4 Å². The lowest BCUT2D eigenvalue weighted by molar-refractivity contribution is -0.136. The smallest absolute Gasteiger partial charge is 0.408 e. The molecule has 244 valence electrons. The zero-order valence-corrected chi connectivity index (χ0v) is 26.9. The molecule has 2 aromatic rings. The number of aliphatic hydroxyl groups excluding tert-OH is 2. The summed E-state index contributed by atoms with van der Waals surface area (Å²) in [5.74, 6) is -0.550. The molecule has 0 aliphatic heterocycles. The van der Waals surface area contributed by atoms with Crippen molar-refractivity contribution in [1.82, 2.24) is 20.9 Å². The van der Waals surface area contributed by atoms with E-state index in [-0.39, 0.29) is 13.1 Å². The number of nitrogens with zero attached hydrogens (tertiary/aromatic N) is 1. The lowest BCUT2D eigenvalue weighted by Crippen LogP contribution is -2.58. The van der Waals surface area contributed by atoms with Crippen LogP contribution >= 0.6 is 0 Å². The molecule has 11 nitrogen and oxygen atoms in total. The van der Waals surface area contributed by atoms with Gasteiger partial charge in [-0.25, -0.2) is 9.59 Å². The Hall–Kier alpha value is -3.67. The predicted molar refractivity (Wildman–Crippen MR) is 169 cm³/mol. The lowest BCUT2D eigenvalue weighted by atomic mass is 9.88. The number of carboxylic acid groups (broad SMARTS) is 1. The molecule has 3 amide bonds. The number of carbonyl (C=O) groups excluding carboxylic acids is 2. The molecule has 0 aliphatic rings. The van der Waals surface area contributed by atoms with Crippen molar-refractivity contribution in [1.29, 1.82) is 0 Å². The summed E-state index contributed by atoms with van der Waals surface area (Å²) in [6.07, 6.45) is -4.63. The molecule has 5 atom stereocenters. The Morgan fingerprint density at radius 2 is 1.32 bits per heavy atom. The van der Waals surface area contributed by atoms with Gasteiger partial charge in [-0.1, -0.05) is 81.4 Å². The molecule has 0 bridgehead atoms. The number of amides is 3. The van der Waals surface area contributed by atoms with Crippen LogP contribution in [0.5, 0.6) is 0 Å². The average molecular weight is 615 g/mol. The topological polar surface area (TPSA) is 160 Å². The molecular weight excluding hydrogens is 564 g/mol. The molecule has 0 saturated heterocycles. The Labute approximate surface area is 261 Å². The van der Waals surface area contributed by atoms with Gasteiger partial charge in [-0.3, -0.25) is 9.69 Å². The Balaban J connectivity index is 2.21. The van der Waals surface area contributed by atoms with Gasteiger partial charge in [0.1, 0.15) is 0 Å². The summed E-state index contributed by atoms with van der Waals surface area (Å²) in [6, 6.07) is 17.2. The first-order valence-corrected chi connectivity index (χ1v) is 14.9. The highest BCUT2D eigenvalue weighted by molar-refractivity contribution is 5.84. The number of benzene rings is 2. The van der Waals surface area contributed by atoms with Crippen molar-refractivity contribution in [2.45, 2.75) is 90.3 Å². The first-order chi connectivity index (χ1) is 20.5. The molecule has 44 heavy (non-hydrogen) atoms. The number of hydrogen-bond acceptors (Lipinski definition) is 7. The maximum atomic E-state index is 13.4. The number of aliphatic hydroxyl groups is 2. The van der Waals surface area contributed by atoms with Crippen LogP contribution in [0.4, 0.5) is 9.59 Å². The highest BCUT2D eigenvalue weighted by Crippen LogP contribution is 2.24. The van der Waals surface area contributed by atoms with Gasteiger partial charge in [0.15, 0.2) is 6.10 Å². The van der Waals surface area contributed by atoms with Gasteiger partial charge in [-0.2, -0.15) is 0 Å². The molecule has 0 saturated carbocycles. The van der Waals surface area contributed by atoms with E-state index in [0.717, 1.165) is 11.1 Å². The van der Waals surface area contributed by atoms with Gasteiger partial charge in [0, 0.05) is 31.1 Å². The van der Waals surface area contributed by atoms with Crippen LogP contribution in [-0.4, -0.2) is 94.4 Å². The number of ether oxygens (including phenoxy) is 1. The minimum Gasteiger partial charge on any atom is -0.465 e. The minimum absolute atomic E-state index is 0.00796. The molecule has 1 unspecified atom stereocenters. The summed E-state index contributed by atoms with van der Waals surface area (Å²) in [6.45, 7) is 10.6. The van der Waals surface area contributed by atoms with E-state index in [9.17, 15) is 29.7 Å². The van der Waals surface area contributed by atoms with Crippen LogP contribution in [0.2, 0.25) is 0 Å². The van der Waals surface area contributed by atoms with Crippen molar-refractivity contribution in [2.75, 3.05) is 20.1 Å². The first-order valence-electron chi connectivity index (χ1n) is 14.9. The Kier molecular flexibility index (Phi) is 13.6. The fraction of sp³-hybridized carbons (Fsp3) is 0.545. The molecule has 0 radical (unpaired) electrons. The summed E-state index contributed by atoms with van der Waals surface area (Å²) in [4.78, 5) is 38.9. The molecule has 11 heteroatoms. The third kappa shape index (κ3) is 11.4. The van der Waals surface area contributed by atoms with Crippen LogP contribution < -0.4 is 16.0 Å². The summed E-state index contributed by atoms with van der Waals surface area (Å²) < 4.78 is 5.37. The van der Waals surface area contributed by atoms with Crippen LogP contribution in [0.1, 0.15) is 52.7 Å². The van der Waals surface area contributed by atoms with E-state index in [4.69, 9.17) is 4.74 Å². The van der Waals surface area contributed by atoms with Gasteiger partial charge in [-0.15, -0.1) is 0 Å². The monoisotopic (exact) mass is 614 g/mol. The highest BCUT2D eigenvalue weighted by atomic mass is 16.6. The molecule has 0 aromatic heterocycles. The lowest BCUT2D eigenvalue weighted by Gasteiger charge is -2.42. The van der Waals surface area contributed by atoms with Crippen LogP contribution in [0, 0.1) is 5.41 Å². The van der Waals surface area contributed by atoms with Crippen molar-refractivity contribution in [3.8, 4) is 0 Å². The van der Waals surface area contributed by atoms with E-state index in [1.54, 1.807) is 41.5 Å². The number of nitrogens with one attached hydrogen (secondary N) is 3. The van der Waals surface area contributed by atoms with Crippen LogP contribution in [-0.2, 0) is 22.4 Å². The number of alkyl carbamates (subject to hydrolysis) is 1. The van der Waals surface area contributed by atoms with Crippen molar-refractivity contribution in [2.24, 2.45) is 5.41 Å². The predicted octanol–water partition coefficient (Wildman–Crippen LogP) is 3.19. The molecule has 0 fully saturated rings. The van der Waals surface area contributed by atoms with Gasteiger partial charge in [-0.05, 0) is 44.7 Å². The summed E-state index contributed by atoms with van der Waals surface area (Å²) in [7, 11) is 1.41. The second kappa shape index (κ2) is 16.4. The molecule has 6 N–H and O–H groups in total. The van der Waals surface area contributed by atoms with E-state index >= 15 is 0 Å². The Morgan fingerprint density at radius 1 is 0.818 bits per heavy atom. The Bertz CT molecular complexity index is 1180. The molecule has 2 aromatic carbocycles. The quantitative estimate of drug-likeness (QED) is 0.189. The molecular formula is C33H50N4O7. The Morgan fingerprint density at radius 3 is 1.77 bits per heavy atom. The van der Waals surface area contributed by atoms with Crippen LogP contribution in [0.25, 0.3) is 0 Å². The van der Waals surface area contributed by atoms with Gasteiger partial charge < -0.3 is 36.0 Å². The van der Waals surface area contributed by atoms with E-state index in [1.165, 1.54) is 11.9 Å². The van der Waals surface area contributed by atoms with E-state index in [0.29, 0.717) is 12.8 Å². The SMILES string of the molecule is CNC(=O)OC(C(=O)N[C@@H](Cc1ccccc1)[C@H](O)CNC[C@@H](O)[C@H](Cc1ccccc1)N(C(=O)O)C(C)(C)C)C(C)(C)C. The van der Waals surface area contributed by atoms with E-state index < -0.39 is 59.4 Å². The third-order valence-corrected chi connectivity index (χ3v) is 7.24. The zero-order valence-electron chi connectivity index (χ0n) is 26.9. The second-order valence-electron chi connectivity index (χ2n) is 13.1. The van der Waals surface area contributed by atoms with E-state index in [1.807, 2.05) is 60.7 Å². The van der Waals surface area contributed by atoms with Gasteiger partial charge in [0.25, 0.3) is 5.91 Å². The van der Waals surface area contributed by atoms with Crippen LogP contribution in [0.3, 0.4) is 0 Å². The fourth-order valence-electron chi connectivity index (χ4n) is 5.04. The number of hydrogen-bond donors (Lipinski definition) is 6. The summed E-state index contributed by atoms with van der Waals surface area (Å²) in [5, 5.41) is 40.9. The largest absolute Gasteiger partial charge is 0.465 e. The number of carbonyl (C=O) groups is 3. The van der Waals surface area contributed by atoms with E-state index in [2.05, 4.69) is 16.0 Å². The molecule has 0 aliphatic carbocycles. The second-order valence-corrected chi connectivity index (χ2v) is 13.1. The number of rotatable bonds is 14. The average Bonchev–Trinajstić information content (AvgIpc) is 2.94. The third-order valence-electron chi connectivity index (χ3n) is 7.24. The van der Waals surface area contributed by atoms with Gasteiger partial charge >= 0.3 is 12.2 Å². The maximum absolute atomic E-state index is 13.4. The van der Waals surface area contributed by atoms with Crippen molar-refractivity contribution in [3.63, 3.8) is 0 Å². The van der Waals surface area contributed by atoms with Crippen molar-refractivity contribution >= 4 is 18.1 Å². The van der Waals surface area contributed by atoms with Gasteiger partial charge in [0.2, 0.25) is 0 Å². The summed E-state index contributed by atoms with van der Waals surface area (Å²) >= 11 is 0. The summed E-state index contributed by atoms with van der Waals surface area (Å²) in [5.41, 5.74) is 0.251. The zero-order chi connectivity index (χ0) is 33.1. The molecule has 0 spiro atoms. The van der Waals surface area contributed by atoms with Crippen molar-refractivity contribution in [3.05, 3.63) is 71.8 Å². The maximum Gasteiger partial charge on any atom is 0.408 e. The molecule has 2 rings (SSSR count). The standard InChI is InChI=1S/C33H50N4O7/c1-32(2,3)28(44-30(41)34-7)29(40)36-24(18-22-14-10-8-11-15-22)26(38)20-35-21-27(39)25(19-23-16-12-9-13-17-23)37(31(42)43)33(4,5)6/h8-17,24-28,35,38-39H,18-21H2,1-7H3,(H,34,41)(H,36,40)(H,42,43)/t24-,25-,26+,27+,28?/m0/s1. The first kappa shape index (κ1) is 36.5. The molecule has 0 heterocycles.